The lowest BCUT2D eigenvalue weighted by Gasteiger charge is -2.16. The van der Waals surface area contributed by atoms with Crippen LogP contribution in [0.2, 0.25) is 5.02 Å². The van der Waals surface area contributed by atoms with Crippen molar-refractivity contribution in [3.8, 4) is 5.75 Å². The lowest BCUT2D eigenvalue weighted by atomic mass is 9.97. The van der Waals surface area contributed by atoms with E-state index < -0.39 is 6.10 Å². The quantitative estimate of drug-likeness (QED) is 0.924. The summed E-state index contributed by atoms with van der Waals surface area (Å²) < 4.78 is 18.1. The van der Waals surface area contributed by atoms with Gasteiger partial charge in [0.05, 0.1) is 12.1 Å². The highest BCUT2D eigenvalue weighted by atomic mass is 35.5. The Morgan fingerprint density at radius 3 is 2.42 bits per heavy atom. The number of rotatable bonds is 3. The maximum Gasteiger partial charge on any atom is 0.123 e. The molecule has 0 aliphatic heterocycles. The first-order chi connectivity index (χ1) is 9.02. The first-order valence-electron chi connectivity index (χ1n) is 5.80. The fourth-order valence-electron chi connectivity index (χ4n) is 1.97. The topological polar surface area (TPSA) is 29.5 Å². The minimum atomic E-state index is -0.890. The van der Waals surface area contributed by atoms with Gasteiger partial charge in [0, 0.05) is 5.56 Å². The molecule has 0 aliphatic rings. The maximum atomic E-state index is 13.1. The van der Waals surface area contributed by atoms with Gasteiger partial charge >= 0.3 is 0 Å². The van der Waals surface area contributed by atoms with Gasteiger partial charge in [-0.1, -0.05) is 23.7 Å². The molecule has 0 spiro atoms. The number of aliphatic hydroxyl groups is 1. The molecule has 2 aromatic carbocycles. The van der Waals surface area contributed by atoms with Crippen LogP contribution in [-0.4, -0.2) is 12.2 Å². The molecule has 0 radical (unpaired) electrons. The summed E-state index contributed by atoms with van der Waals surface area (Å²) in [4.78, 5) is 0. The summed E-state index contributed by atoms with van der Waals surface area (Å²) >= 11 is 6.12. The number of hydrogen-bond acceptors (Lipinski definition) is 2. The van der Waals surface area contributed by atoms with Gasteiger partial charge in [-0.25, -0.2) is 4.39 Å². The second-order valence-corrected chi connectivity index (χ2v) is 4.70. The second kappa shape index (κ2) is 5.59. The lowest BCUT2D eigenvalue weighted by Crippen LogP contribution is -2.03. The van der Waals surface area contributed by atoms with Crippen molar-refractivity contribution < 1.29 is 14.2 Å². The summed E-state index contributed by atoms with van der Waals surface area (Å²) in [5.41, 5.74) is 1.88. The average Bonchev–Trinajstić information content (AvgIpc) is 2.37. The van der Waals surface area contributed by atoms with E-state index in [-0.39, 0.29) is 5.82 Å². The molecule has 1 unspecified atom stereocenters. The third kappa shape index (κ3) is 2.88. The summed E-state index contributed by atoms with van der Waals surface area (Å²) in [5.74, 6) is 0.297. The van der Waals surface area contributed by atoms with E-state index in [1.165, 1.54) is 12.1 Å². The zero-order valence-corrected chi connectivity index (χ0v) is 11.4. The first kappa shape index (κ1) is 13.8. The van der Waals surface area contributed by atoms with Crippen LogP contribution >= 0.6 is 11.6 Å². The smallest absolute Gasteiger partial charge is 0.123 e. The van der Waals surface area contributed by atoms with Crippen LogP contribution in [0.4, 0.5) is 4.39 Å². The Balaban J connectivity index is 2.41. The number of aliphatic hydroxyl groups excluding tert-OH is 1. The van der Waals surface area contributed by atoms with Crippen molar-refractivity contribution in [2.75, 3.05) is 7.11 Å². The molecular formula is C15H14ClFO2. The highest BCUT2D eigenvalue weighted by Gasteiger charge is 2.16. The molecule has 0 fully saturated rings. The molecule has 0 aromatic heterocycles. The first-order valence-corrected chi connectivity index (χ1v) is 6.18. The maximum absolute atomic E-state index is 13.1. The molecule has 0 bridgehead atoms. The van der Waals surface area contributed by atoms with Crippen LogP contribution in [0.25, 0.3) is 0 Å². The summed E-state index contributed by atoms with van der Waals surface area (Å²) in [6.45, 7) is 1.75. The number of methoxy groups -OCH3 is 1. The molecule has 1 atom stereocenters. The standard InChI is InChI=1S/C15H14ClFO2/c1-9-7-10(17)3-5-12(9)15(18)13-6-4-11(19-2)8-14(13)16/h3-8,15,18H,1-2H3. The van der Waals surface area contributed by atoms with Crippen LogP contribution in [-0.2, 0) is 0 Å². The molecule has 0 heterocycles. The zero-order chi connectivity index (χ0) is 14.0. The van der Waals surface area contributed by atoms with E-state index in [4.69, 9.17) is 16.3 Å². The molecule has 0 amide bonds. The number of benzene rings is 2. The van der Waals surface area contributed by atoms with Gasteiger partial charge in [-0.3, -0.25) is 0 Å². The normalized spacial score (nSPS) is 12.3. The van der Waals surface area contributed by atoms with Crippen molar-refractivity contribution in [3.63, 3.8) is 0 Å². The highest BCUT2D eigenvalue weighted by molar-refractivity contribution is 6.31. The van der Waals surface area contributed by atoms with Gasteiger partial charge in [-0.05, 0) is 42.3 Å². The number of hydrogen-bond donors (Lipinski definition) is 1. The molecule has 2 aromatic rings. The molecule has 0 saturated heterocycles. The molecule has 0 aliphatic carbocycles. The summed E-state index contributed by atoms with van der Waals surface area (Å²) in [6.07, 6.45) is -0.890. The van der Waals surface area contributed by atoms with Crippen LogP contribution in [0.15, 0.2) is 36.4 Å². The van der Waals surface area contributed by atoms with E-state index in [1.54, 1.807) is 38.3 Å². The van der Waals surface area contributed by atoms with E-state index in [0.717, 1.165) is 0 Å². The Kier molecular flexibility index (Phi) is 4.08. The van der Waals surface area contributed by atoms with Crippen LogP contribution < -0.4 is 4.74 Å². The molecule has 1 N–H and O–H groups in total. The SMILES string of the molecule is COc1ccc(C(O)c2ccc(F)cc2C)c(Cl)c1. The van der Waals surface area contributed by atoms with Gasteiger partial charge < -0.3 is 9.84 Å². The molecule has 0 saturated carbocycles. The fourth-order valence-corrected chi connectivity index (χ4v) is 2.24. The van der Waals surface area contributed by atoms with Crippen molar-refractivity contribution in [1.82, 2.24) is 0 Å². The predicted molar refractivity (Wildman–Crippen MR) is 73.2 cm³/mol. The molecule has 2 rings (SSSR count). The Labute approximate surface area is 116 Å². The fraction of sp³-hybridized carbons (Fsp3) is 0.200. The molecular weight excluding hydrogens is 267 g/mol. The van der Waals surface area contributed by atoms with Crippen molar-refractivity contribution >= 4 is 11.6 Å². The van der Waals surface area contributed by atoms with E-state index in [1.807, 2.05) is 0 Å². The molecule has 2 nitrogen and oxygen atoms in total. The van der Waals surface area contributed by atoms with E-state index in [0.29, 0.717) is 27.5 Å². The molecule has 100 valence electrons. The van der Waals surface area contributed by atoms with E-state index >= 15 is 0 Å². The predicted octanol–water partition coefficient (Wildman–Crippen LogP) is 3.88. The van der Waals surface area contributed by atoms with Gasteiger partial charge in [0.15, 0.2) is 0 Å². The Morgan fingerprint density at radius 1 is 1.16 bits per heavy atom. The van der Waals surface area contributed by atoms with Gasteiger partial charge in [0.1, 0.15) is 17.7 Å². The monoisotopic (exact) mass is 280 g/mol. The van der Waals surface area contributed by atoms with Gasteiger partial charge in [0.25, 0.3) is 0 Å². The van der Waals surface area contributed by atoms with Crippen LogP contribution in [0.1, 0.15) is 22.8 Å². The van der Waals surface area contributed by atoms with Crippen molar-refractivity contribution in [2.24, 2.45) is 0 Å². The Bertz CT molecular complexity index is 599. The lowest BCUT2D eigenvalue weighted by molar-refractivity contribution is 0.219. The minimum absolute atomic E-state index is 0.325. The zero-order valence-electron chi connectivity index (χ0n) is 10.7. The Morgan fingerprint density at radius 2 is 1.84 bits per heavy atom. The van der Waals surface area contributed by atoms with E-state index in [2.05, 4.69) is 0 Å². The number of ether oxygens (including phenoxy) is 1. The van der Waals surface area contributed by atoms with Crippen LogP contribution in [0.3, 0.4) is 0 Å². The third-order valence-electron chi connectivity index (χ3n) is 3.03. The summed E-state index contributed by atoms with van der Waals surface area (Å²) in [6, 6.07) is 9.34. The van der Waals surface area contributed by atoms with E-state index in [9.17, 15) is 9.50 Å². The highest BCUT2D eigenvalue weighted by Crippen LogP contribution is 2.32. The molecule has 19 heavy (non-hydrogen) atoms. The second-order valence-electron chi connectivity index (χ2n) is 4.29. The van der Waals surface area contributed by atoms with Crippen molar-refractivity contribution in [1.29, 1.82) is 0 Å². The van der Waals surface area contributed by atoms with Gasteiger partial charge in [-0.15, -0.1) is 0 Å². The largest absolute Gasteiger partial charge is 0.497 e. The molecule has 4 heteroatoms. The van der Waals surface area contributed by atoms with Crippen molar-refractivity contribution in [2.45, 2.75) is 13.0 Å². The average molecular weight is 281 g/mol. The van der Waals surface area contributed by atoms with Gasteiger partial charge in [0.2, 0.25) is 0 Å². The summed E-state index contributed by atoms with van der Waals surface area (Å²) in [5, 5.41) is 10.8. The minimum Gasteiger partial charge on any atom is -0.497 e. The van der Waals surface area contributed by atoms with Crippen LogP contribution in [0.5, 0.6) is 5.75 Å². The Hall–Kier alpha value is -1.58. The van der Waals surface area contributed by atoms with Gasteiger partial charge in [-0.2, -0.15) is 0 Å². The number of halogens is 2. The summed E-state index contributed by atoms with van der Waals surface area (Å²) in [7, 11) is 1.55. The number of aryl methyl sites for hydroxylation is 1. The van der Waals surface area contributed by atoms with Crippen molar-refractivity contribution in [3.05, 3.63) is 63.9 Å². The third-order valence-corrected chi connectivity index (χ3v) is 3.36. The van der Waals surface area contributed by atoms with Crippen LogP contribution in [0, 0.1) is 12.7 Å².